The first-order valence-corrected chi connectivity index (χ1v) is 7.52. The smallest absolute Gasteiger partial charge is 0.347 e. The highest BCUT2D eigenvalue weighted by molar-refractivity contribution is 7.13. The van der Waals surface area contributed by atoms with E-state index in [9.17, 15) is 9.90 Å². The Morgan fingerprint density at radius 1 is 1.43 bits per heavy atom. The quantitative estimate of drug-likeness (QED) is 0.888. The first kappa shape index (κ1) is 15.4. The third-order valence-corrected chi connectivity index (χ3v) is 3.99. The van der Waals surface area contributed by atoms with Crippen LogP contribution in [0.15, 0.2) is 18.3 Å². The highest BCUT2D eigenvalue weighted by Crippen LogP contribution is 2.23. The van der Waals surface area contributed by atoms with E-state index in [1.165, 1.54) is 11.3 Å². The van der Waals surface area contributed by atoms with Crippen LogP contribution in [-0.4, -0.2) is 28.2 Å². The van der Waals surface area contributed by atoms with Crippen molar-refractivity contribution < 1.29 is 14.6 Å². The highest BCUT2D eigenvalue weighted by atomic mass is 32.1. The summed E-state index contributed by atoms with van der Waals surface area (Å²) in [6.07, 6.45) is 2.99. The number of aromatic nitrogens is 2. The molecule has 0 aliphatic rings. The van der Waals surface area contributed by atoms with Crippen molar-refractivity contribution in [1.29, 1.82) is 0 Å². The highest BCUT2D eigenvalue weighted by Gasteiger charge is 2.18. The van der Waals surface area contributed by atoms with Crippen LogP contribution in [0.25, 0.3) is 0 Å². The van der Waals surface area contributed by atoms with Gasteiger partial charge in [0.1, 0.15) is 4.88 Å². The molecule has 0 unspecified atom stereocenters. The van der Waals surface area contributed by atoms with Crippen molar-refractivity contribution in [3.63, 3.8) is 0 Å². The number of aromatic carboxylic acids is 1. The second-order valence-corrected chi connectivity index (χ2v) is 6.26. The van der Waals surface area contributed by atoms with Crippen LogP contribution in [-0.2, 0) is 12.8 Å². The number of hydrogen-bond acceptors (Lipinski definition) is 5. The summed E-state index contributed by atoms with van der Waals surface area (Å²) < 4.78 is 5.02. The molecule has 2 aromatic rings. The SMILES string of the molecule is COc1ccc(Cc2nc(CC(C)C)c(C(=O)O)s2)cn1. The monoisotopic (exact) mass is 306 g/mol. The van der Waals surface area contributed by atoms with Crippen molar-refractivity contribution in [2.24, 2.45) is 5.92 Å². The molecular weight excluding hydrogens is 288 g/mol. The Hall–Kier alpha value is -1.95. The molecule has 0 radical (unpaired) electrons. The Bertz CT molecular complexity index is 620. The van der Waals surface area contributed by atoms with Crippen molar-refractivity contribution in [3.8, 4) is 5.88 Å². The van der Waals surface area contributed by atoms with Crippen LogP contribution in [0.1, 0.15) is 39.8 Å². The van der Waals surface area contributed by atoms with E-state index in [1.54, 1.807) is 19.4 Å². The maximum Gasteiger partial charge on any atom is 0.347 e. The number of pyridine rings is 1. The van der Waals surface area contributed by atoms with E-state index in [4.69, 9.17) is 4.74 Å². The van der Waals surface area contributed by atoms with Crippen LogP contribution in [0.4, 0.5) is 0 Å². The van der Waals surface area contributed by atoms with Crippen molar-refractivity contribution in [2.45, 2.75) is 26.7 Å². The van der Waals surface area contributed by atoms with Crippen LogP contribution >= 0.6 is 11.3 Å². The van der Waals surface area contributed by atoms with Gasteiger partial charge >= 0.3 is 5.97 Å². The number of ether oxygens (including phenoxy) is 1. The standard InChI is InChI=1S/C15H18N2O3S/c1-9(2)6-11-14(15(18)19)21-13(17-11)7-10-4-5-12(20-3)16-8-10/h4-5,8-9H,6-7H2,1-3H3,(H,18,19). The molecule has 0 saturated heterocycles. The van der Waals surface area contributed by atoms with Crippen molar-refractivity contribution in [2.75, 3.05) is 7.11 Å². The van der Waals surface area contributed by atoms with Crippen LogP contribution in [0.5, 0.6) is 5.88 Å². The van der Waals surface area contributed by atoms with E-state index in [2.05, 4.69) is 23.8 Å². The number of carboxylic acids is 1. The summed E-state index contributed by atoms with van der Waals surface area (Å²) in [5.74, 6) is 0.0348. The van der Waals surface area contributed by atoms with E-state index < -0.39 is 5.97 Å². The van der Waals surface area contributed by atoms with Crippen molar-refractivity contribution in [1.82, 2.24) is 9.97 Å². The maximum atomic E-state index is 11.3. The Balaban J connectivity index is 2.21. The molecule has 0 spiro atoms. The number of thiazole rings is 1. The van der Waals surface area contributed by atoms with Gasteiger partial charge < -0.3 is 9.84 Å². The second-order valence-electron chi connectivity index (χ2n) is 5.17. The average Bonchev–Trinajstić information content (AvgIpc) is 2.81. The molecule has 0 aromatic carbocycles. The molecule has 2 heterocycles. The molecule has 0 fully saturated rings. The number of nitrogens with zero attached hydrogens (tertiary/aromatic N) is 2. The van der Waals surface area contributed by atoms with E-state index in [-0.39, 0.29) is 0 Å². The lowest BCUT2D eigenvalue weighted by molar-refractivity contribution is 0.0700. The van der Waals surface area contributed by atoms with Crippen LogP contribution < -0.4 is 4.74 Å². The van der Waals surface area contributed by atoms with Gasteiger partial charge in [-0.1, -0.05) is 19.9 Å². The Morgan fingerprint density at radius 2 is 2.19 bits per heavy atom. The summed E-state index contributed by atoms with van der Waals surface area (Å²) in [7, 11) is 1.57. The zero-order valence-corrected chi connectivity index (χ0v) is 13.1. The normalized spacial score (nSPS) is 10.9. The number of rotatable bonds is 6. The van der Waals surface area contributed by atoms with E-state index in [1.807, 2.05) is 6.07 Å². The first-order chi connectivity index (χ1) is 9.99. The fourth-order valence-corrected chi connectivity index (χ4v) is 2.94. The van der Waals surface area contributed by atoms with Crippen molar-refractivity contribution >= 4 is 17.3 Å². The molecule has 6 heteroatoms. The van der Waals surface area contributed by atoms with Crippen LogP contribution in [0.3, 0.4) is 0 Å². The number of carboxylic acid groups (broad SMARTS) is 1. The molecule has 2 aromatic heterocycles. The largest absolute Gasteiger partial charge is 0.481 e. The number of methoxy groups -OCH3 is 1. The van der Waals surface area contributed by atoms with E-state index in [0.29, 0.717) is 35.2 Å². The van der Waals surface area contributed by atoms with Gasteiger partial charge in [-0.05, 0) is 17.9 Å². The van der Waals surface area contributed by atoms with Gasteiger partial charge in [0.2, 0.25) is 5.88 Å². The van der Waals surface area contributed by atoms with Crippen LogP contribution in [0, 0.1) is 5.92 Å². The minimum Gasteiger partial charge on any atom is -0.481 e. The molecule has 0 amide bonds. The lowest BCUT2D eigenvalue weighted by Gasteiger charge is -2.02. The summed E-state index contributed by atoms with van der Waals surface area (Å²) in [5, 5.41) is 10.1. The van der Waals surface area contributed by atoms with Gasteiger partial charge in [-0.15, -0.1) is 11.3 Å². The predicted octanol–water partition coefficient (Wildman–Crippen LogP) is 3.03. The molecule has 1 N–H and O–H groups in total. The van der Waals surface area contributed by atoms with Gasteiger partial charge in [0.25, 0.3) is 0 Å². The zero-order chi connectivity index (χ0) is 15.4. The predicted molar refractivity (Wildman–Crippen MR) is 81.2 cm³/mol. The minimum atomic E-state index is -0.901. The Kier molecular flexibility index (Phi) is 4.90. The van der Waals surface area contributed by atoms with Crippen LogP contribution in [0.2, 0.25) is 0 Å². The fraction of sp³-hybridized carbons (Fsp3) is 0.400. The van der Waals surface area contributed by atoms with Gasteiger partial charge in [0, 0.05) is 18.7 Å². The van der Waals surface area contributed by atoms with Gasteiger partial charge in [0.05, 0.1) is 17.8 Å². The first-order valence-electron chi connectivity index (χ1n) is 6.70. The van der Waals surface area contributed by atoms with Gasteiger partial charge in [-0.2, -0.15) is 0 Å². The summed E-state index contributed by atoms with van der Waals surface area (Å²) in [4.78, 5) is 20.3. The molecule has 2 rings (SSSR count). The molecule has 112 valence electrons. The summed E-state index contributed by atoms with van der Waals surface area (Å²) >= 11 is 1.24. The molecule has 5 nitrogen and oxygen atoms in total. The molecule has 0 atom stereocenters. The topological polar surface area (TPSA) is 72.3 Å². The molecule has 21 heavy (non-hydrogen) atoms. The molecule has 0 bridgehead atoms. The van der Waals surface area contributed by atoms with Crippen molar-refractivity contribution in [3.05, 3.63) is 39.5 Å². The lowest BCUT2D eigenvalue weighted by Crippen LogP contribution is -2.02. The molecule has 0 aliphatic heterocycles. The minimum absolute atomic E-state index is 0.347. The Morgan fingerprint density at radius 3 is 2.71 bits per heavy atom. The average molecular weight is 306 g/mol. The lowest BCUT2D eigenvalue weighted by atomic mass is 10.1. The van der Waals surface area contributed by atoms with E-state index >= 15 is 0 Å². The third-order valence-electron chi connectivity index (χ3n) is 2.90. The summed E-state index contributed by atoms with van der Waals surface area (Å²) in [6, 6.07) is 3.70. The second kappa shape index (κ2) is 6.67. The maximum absolute atomic E-state index is 11.3. The summed E-state index contributed by atoms with van der Waals surface area (Å²) in [5.41, 5.74) is 1.66. The molecule has 0 aliphatic carbocycles. The number of hydrogen-bond donors (Lipinski definition) is 1. The van der Waals surface area contributed by atoms with Gasteiger partial charge in [0.15, 0.2) is 0 Å². The molecule has 0 saturated carbocycles. The van der Waals surface area contributed by atoms with E-state index in [0.717, 1.165) is 10.6 Å². The van der Waals surface area contributed by atoms with Gasteiger partial charge in [-0.3, -0.25) is 0 Å². The number of carbonyl (C=O) groups is 1. The van der Waals surface area contributed by atoms with Gasteiger partial charge in [-0.25, -0.2) is 14.8 Å². The Labute approximate surface area is 127 Å². The molecular formula is C15H18N2O3S. The fourth-order valence-electron chi connectivity index (χ4n) is 1.98. The summed E-state index contributed by atoms with van der Waals surface area (Å²) in [6.45, 7) is 4.11. The zero-order valence-electron chi connectivity index (χ0n) is 12.3. The third kappa shape index (κ3) is 4.01.